The van der Waals surface area contributed by atoms with E-state index in [1.165, 1.54) is 4.31 Å². The fourth-order valence-electron chi connectivity index (χ4n) is 3.76. The van der Waals surface area contributed by atoms with E-state index < -0.39 is 10.0 Å². The van der Waals surface area contributed by atoms with Gasteiger partial charge in [0.05, 0.1) is 28.2 Å². The maximum Gasteiger partial charge on any atom is 0.242 e. The highest BCUT2D eigenvalue weighted by atomic mass is 32.2. The molecule has 2 aromatic carbocycles. The second-order valence-corrected chi connectivity index (χ2v) is 9.77. The van der Waals surface area contributed by atoms with Crippen LogP contribution in [-0.4, -0.2) is 39.1 Å². The normalized spacial score (nSPS) is 16.9. The summed E-state index contributed by atoms with van der Waals surface area (Å²) < 4.78 is 28.2. The number of fused-ring (bicyclic) bond motifs is 2. The predicted molar refractivity (Wildman–Crippen MR) is 116 cm³/mol. The molecule has 1 unspecified atom stereocenters. The first-order chi connectivity index (χ1) is 13.8. The van der Waals surface area contributed by atoms with Gasteiger partial charge in [0.2, 0.25) is 15.5 Å². The first-order valence-corrected chi connectivity index (χ1v) is 11.0. The van der Waals surface area contributed by atoms with Crippen molar-refractivity contribution in [2.24, 2.45) is 12.1 Å². The summed E-state index contributed by atoms with van der Waals surface area (Å²) in [4.78, 5) is 0.320. The zero-order valence-electron chi connectivity index (χ0n) is 17.1. The smallest absolute Gasteiger partial charge is 0.242 e. The van der Waals surface area contributed by atoms with Crippen molar-refractivity contribution in [1.29, 1.82) is 0 Å². The van der Waals surface area contributed by atoms with Crippen molar-refractivity contribution in [1.82, 2.24) is 4.31 Å². The van der Waals surface area contributed by atoms with Crippen LogP contribution in [0.2, 0.25) is 0 Å². The highest BCUT2D eigenvalue weighted by Gasteiger charge is 2.28. The molecule has 0 amide bonds. The number of aryl methyl sites for hydroxylation is 1. The molecular weight excluding hydrogens is 384 g/mol. The molecule has 6 nitrogen and oxygen atoms in total. The lowest BCUT2D eigenvalue weighted by atomic mass is 10.1. The number of hydrogen-bond acceptors (Lipinski definition) is 4. The Morgan fingerprint density at radius 2 is 1.93 bits per heavy atom. The molecule has 0 N–H and O–H groups in total. The number of benzene rings is 2. The fraction of sp³-hybridized carbons (Fsp3) is 0.273. The summed E-state index contributed by atoms with van der Waals surface area (Å²) in [6.45, 7) is 2.10. The zero-order valence-corrected chi connectivity index (χ0v) is 17.9. The molecule has 1 aliphatic rings. The quantitative estimate of drug-likeness (QED) is 0.492. The van der Waals surface area contributed by atoms with Crippen LogP contribution in [0.15, 0.2) is 64.7 Å². The molecule has 1 atom stereocenters. The Labute approximate surface area is 171 Å². The lowest BCUT2D eigenvalue weighted by Crippen LogP contribution is -2.28. The van der Waals surface area contributed by atoms with Gasteiger partial charge in [-0.2, -0.15) is 5.10 Å². The van der Waals surface area contributed by atoms with E-state index in [9.17, 15) is 8.42 Å². The molecule has 150 valence electrons. The minimum atomic E-state index is -3.44. The van der Waals surface area contributed by atoms with Crippen LogP contribution in [0.5, 0.6) is 0 Å². The highest BCUT2D eigenvalue weighted by Crippen LogP contribution is 2.34. The van der Waals surface area contributed by atoms with E-state index in [0.29, 0.717) is 4.90 Å². The molecule has 0 spiro atoms. The van der Waals surface area contributed by atoms with Gasteiger partial charge >= 0.3 is 0 Å². The summed E-state index contributed by atoms with van der Waals surface area (Å²) in [5.41, 5.74) is 4.15. The number of pyridine rings is 1. The Hall–Kier alpha value is -2.77. The third-order valence-electron chi connectivity index (χ3n) is 5.40. The molecule has 3 aromatic rings. The van der Waals surface area contributed by atoms with Crippen LogP contribution in [-0.2, 0) is 23.5 Å². The number of nitrogens with zero attached hydrogens (tertiary/aromatic N) is 4. The third kappa shape index (κ3) is 3.41. The second kappa shape index (κ2) is 7.24. The fourth-order valence-corrected chi connectivity index (χ4v) is 4.72. The van der Waals surface area contributed by atoms with Crippen molar-refractivity contribution >= 4 is 32.8 Å². The Morgan fingerprint density at radius 3 is 2.69 bits per heavy atom. The number of hydrogen-bond donors (Lipinski definition) is 0. The van der Waals surface area contributed by atoms with Crippen molar-refractivity contribution in [2.45, 2.75) is 24.3 Å². The van der Waals surface area contributed by atoms with Gasteiger partial charge in [-0.05, 0) is 43.2 Å². The molecule has 29 heavy (non-hydrogen) atoms. The van der Waals surface area contributed by atoms with Gasteiger partial charge in [-0.15, -0.1) is 0 Å². The molecule has 0 radical (unpaired) electrons. The standard InChI is InChI=1S/C22H25N4O2S/c1-16-13-18-14-19(29(27,28)24(2)3)9-10-21(18)26(16)23-15-17-11-12-25(4)22-8-6-5-7-20(17)22/h5-12,14-16H,13H2,1-4H3/q+1. The molecule has 0 bridgehead atoms. The van der Waals surface area contributed by atoms with E-state index in [-0.39, 0.29) is 6.04 Å². The van der Waals surface area contributed by atoms with Gasteiger partial charge in [0, 0.05) is 31.8 Å². The van der Waals surface area contributed by atoms with E-state index in [4.69, 9.17) is 5.10 Å². The average Bonchev–Trinajstić information content (AvgIpc) is 3.02. The van der Waals surface area contributed by atoms with Crippen LogP contribution < -0.4 is 9.58 Å². The first-order valence-electron chi connectivity index (χ1n) is 9.55. The minimum absolute atomic E-state index is 0.157. The van der Waals surface area contributed by atoms with E-state index in [0.717, 1.165) is 34.1 Å². The first kappa shape index (κ1) is 19.5. The van der Waals surface area contributed by atoms with Crippen molar-refractivity contribution in [2.75, 3.05) is 19.1 Å². The largest absolute Gasteiger partial charge is 0.262 e. The van der Waals surface area contributed by atoms with Crippen molar-refractivity contribution in [3.05, 3.63) is 65.9 Å². The van der Waals surface area contributed by atoms with Crippen LogP contribution in [0.1, 0.15) is 18.1 Å². The monoisotopic (exact) mass is 409 g/mol. The number of rotatable bonds is 4. The molecule has 4 rings (SSSR count). The highest BCUT2D eigenvalue weighted by molar-refractivity contribution is 7.89. The van der Waals surface area contributed by atoms with Crippen molar-refractivity contribution in [3.8, 4) is 0 Å². The van der Waals surface area contributed by atoms with Crippen LogP contribution in [0.4, 0.5) is 5.69 Å². The Bertz CT molecular complexity index is 1220. The summed E-state index contributed by atoms with van der Waals surface area (Å²) in [7, 11) is 1.68. The predicted octanol–water partition coefficient (Wildman–Crippen LogP) is 2.70. The van der Waals surface area contributed by atoms with Crippen molar-refractivity contribution in [3.63, 3.8) is 0 Å². The molecule has 0 fully saturated rings. The van der Waals surface area contributed by atoms with Gasteiger partial charge in [-0.1, -0.05) is 12.1 Å². The molecule has 1 aliphatic heterocycles. The summed E-state index contributed by atoms with van der Waals surface area (Å²) in [6.07, 6.45) is 4.68. The molecule has 7 heteroatoms. The summed E-state index contributed by atoms with van der Waals surface area (Å²) >= 11 is 0. The Kier molecular flexibility index (Phi) is 4.88. The number of sulfonamides is 1. The maximum absolute atomic E-state index is 12.4. The van der Waals surface area contributed by atoms with E-state index in [1.807, 2.05) is 42.7 Å². The molecule has 2 heterocycles. The van der Waals surface area contributed by atoms with Crippen molar-refractivity contribution < 1.29 is 13.0 Å². The van der Waals surface area contributed by atoms with Crippen LogP contribution >= 0.6 is 0 Å². The average molecular weight is 410 g/mol. The van der Waals surface area contributed by atoms with E-state index in [1.54, 1.807) is 26.2 Å². The minimum Gasteiger partial charge on any atom is -0.262 e. The summed E-state index contributed by atoms with van der Waals surface area (Å²) in [5, 5.41) is 7.88. The zero-order chi connectivity index (χ0) is 20.8. The van der Waals surface area contributed by atoms with E-state index in [2.05, 4.69) is 29.7 Å². The molecule has 0 saturated heterocycles. The van der Waals surface area contributed by atoms with Gasteiger partial charge < -0.3 is 0 Å². The lowest BCUT2D eigenvalue weighted by molar-refractivity contribution is -0.644. The maximum atomic E-state index is 12.4. The summed E-state index contributed by atoms with van der Waals surface area (Å²) in [6, 6.07) is 15.7. The van der Waals surface area contributed by atoms with Gasteiger partial charge in [0.1, 0.15) is 7.05 Å². The second-order valence-electron chi connectivity index (χ2n) is 7.62. The van der Waals surface area contributed by atoms with Gasteiger partial charge in [0.15, 0.2) is 6.20 Å². The summed E-state index contributed by atoms with van der Waals surface area (Å²) in [5.74, 6) is 0. The third-order valence-corrected chi connectivity index (χ3v) is 7.21. The van der Waals surface area contributed by atoms with Gasteiger partial charge in [-0.25, -0.2) is 17.3 Å². The number of anilines is 1. The SMILES string of the molecule is CC1Cc2cc(S(=O)(=O)N(C)C)ccc2N1N=Cc1cc[n+](C)c2ccccc12. The van der Waals surface area contributed by atoms with Gasteiger partial charge in [0.25, 0.3) is 0 Å². The Balaban J connectivity index is 1.70. The Morgan fingerprint density at radius 1 is 1.17 bits per heavy atom. The van der Waals surface area contributed by atoms with Gasteiger partial charge in [-0.3, -0.25) is 5.01 Å². The topological polar surface area (TPSA) is 56.9 Å². The lowest BCUT2D eigenvalue weighted by Gasteiger charge is -2.19. The number of para-hydroxylation sites is 1. The van der Waals surface area contributed by atoms with Crippen LogP contribution in [0.25, 0.3) is 10.9 Å². The van der Waals surface area contributed by atoms with Crippen LogP contribution in [0.3, 0.4) is 0 Å². The molecule has 1 aromatic heterocycles. The number of aromatic nitrogens is 1. The molecular formula is C22H25N4O2S+. The molecule has 0 saturated carbocycles. The number of hydrazone groups is 1. The molecule has 0 aliphatic carbocycles. The van der Waals surface area contributed by atoms with Crippen LogP contribution in [0, 0.1) is 0 Å². The van der Waals surface area contributed by atoms with E-state index >= 15 is 0 Å².